The molecule has 1 heterocycles. The highest BCUT2D eigenvalue weighted by atomic mass is 32.2. The number of piperidine rings is 1. The van der Waals surface area contributed by atoms with Gasteiger partial charge in [0.25, 0.3) is 0 Å². The van der Waals surface area contributed by atoms with Gasteiger partial charge in [-0.15, -0.1) is 0 Å². The SMILES string of the molecule is CCCCN(C)C(=O)C1CCN(C(=O)C(N)CCSC)CC1. The molecule has 0 aliphatic carbocycles. The maximum Gasteiger partial charge on any atom is 0.239 e. The van der Waals surface area contributed by atoms with Crippen molar-refractivity contribution in [3.63, 3.8) is 0 Å². The van der Waals surface area contributed by atoms with E-state index in [-0.39, 0.29) is 17.7 Å². The Bertz CT molecular complexity index is 323. The molecule has 2 amide bonds. The molecule has 6 heteroatoms. The third-order valence-corrected chi connectivity index (χ3v) is 4.97. The number of likely N-dealkylation sites (tertiary alicyclic amines) is 1. The van der Waals surface area contributed by atoms with Crippen LogP contribution in [0, 0.1) is 5.92 Å². The van der Waals surface area contributed by atoms with E-state index in [4.69, 9.17) is 5.73 Å². The van der Waals surface area contributed by atoms with Crippen LogP contribution in [0.2, 0.25) is 0 Å². The molecule has 1 aliphatic heterocycles. The summed E-state index contributed by atoms with van der Waals surface area (Å²) >= 11 is 1.71. The van der Waals surface area contributed by atoms with E-state index < -0.39 is 6.04 Å². The number of unbranched alkanes of at least 4 members (excludes halogenated alkanes) is 1. The quantitative estimate of drug-likeness (QED) is 0.734. The molecule has 1 atom stereocenters. The van der Waals surface area contributed by atoms with Crippen molar-refractivity contribution in [2.45, 2.75) is 45.1 Å². The highest BCUT2D eigenvalue weighted by molar-refractivity contribution is 7.98. The van der Waals surface area contributed by atoms with Gasteiger partial charge in [0.2, 0.25) is 11.8 Å². The van der Waals surface area contributed by atoms with Gasteiger partial charge in [-0.25, -0.2) is 0 Å². The lowest BCUT2D eigenvalue weighted by molar-refractivity contribution is -0.140. The molecule has 0 aromatic carbocycles. The maximum atomic E-state index is 12.4. The van der Waals surface area contributed by atoms with Crippen molar-refractivity contribution in [2.75, 3.05) is 38.7 Å². The number of carbonyl (C=O) groups is 2. The summed E-state index contributed by atoms with van der Waals surface area (Å²) in [5.41, 5.74) is 5.95. The molecule has 1 rings (SSSR count). The number of rotatable bonds is 8. The fourth-order valence-electron chi connectivity index (χ4n) is 2.77. The third-order valence-electron chi connectivity index (χ3n) is 4.33. The van der Waals surface area contributed by atoms with Crippen molar-refractivity contribution >= 4 is 23.6 Å². The maximum absolute atomic E-state index is 12.4. The summed E-state index contributed by atoms with van der Waals surface area (Å²) in [5.74, 6) is 1.24. The molecule has 1 saturated heterocycles. The van der Waals surface area contributed by atoms with Crippen LogP contribution in [-0.2, 0) is 9.59 Å². The zero-order valence-corrected chi connectivity index (χ0v) is 15.0. The minimum atomic E-state index is -0.396. The molecule has 1 fully saturated rings. The van der Waals surface area contributed by atoms with Gasteiger partial charge in [0, 0.05) is 32.6 Å². The lowest BCUT2D eigenvalue weighted by Crippen LogP contribution is -2.49. The van der Waals surface area contributed by atoms with Gasteiger partial charge < -0.3 is 15.5 Å². The zero-order valence-electron chi connectivity index (χ0n) is 14.2. The molecule has 0 radical (unpaired) electrons. The van der Waals surface area contributed by atoms with Crippen LogP contribution in [-0.4, -0.2) is 66.3 Å². The Balaban J connectivity index is 2.39. The first-order chi connectivity index (χ1) is 10.5. The van der Waals surface area contributed by atoms with Crippen molar-refractivity contribution < 1.29 is 9.59 Å². The molecule has 0 aromatic rings. The lowest BCUT2D eigenvalue weighted by Gasteiger charge is -2.34. The van der Waals surface area contributed by atoms with E-state index in [9.17, 15) is 9.59 Å². The van der Waals surface area contributed by atoms with E-state index in [1.54, 1.807) is 11.8 Å². The number of hydrogen-bond donors (Lipinski definition) is 1. The standard InChI is InChI=1S/C16H31N3O2S/c1-4-5-9-18(2)15(20)13-6-10-19(11-7-13)16(21)14(17)8-12-22-3/h13-14H,4-12,17H2,1-3H3. The van der Waals surface area contributed by atoms with Crippen LogP contribution < -0.4 is 5.73 Å². The Hall–Kier alpha value is -0.750. The smallest absolute Gasteiger partial charge is 0.239 e. The summed E-state index contributed by atoms with van der Waals surface area (Å²) in [6.45, 7) is 4.27. The van der Waals surface area contributed by atoms with E-state index in [1.807, 2.05) is 23.1 Å². The number of hydrogen-bond acceptors (Lipinski definition) is 4. The van der Waals surface area contributed by atoms with E-state index in [0.29, 0.717) is 13.1 Å². The number of nitrogens with two attached hydrogens (primary N) is 1. The predicted molar refractivity (Wildman–Crippen MR) is 92.8 cm³/mol. The van der Waals surface area contributed by atoms with E-state index in [2.05, 4.69) is 6.92 Å². The molecular weight excluding hydrogens is 298 g/mol. The molecule has 1 aliphatic rings. The Morgan fingerprint density at radius 2 is 2.00 bits per heavy atom. The second kappa shape index (κ2) is 10.1. The molecule has 22 heavy (non-hydrogen) atoms. The topological polar surface area (TPSA) is 66.6 Å². The van der Waals surface area contributed by atoms with Gasteiger partial charge >= 0.3 is 0 Å². The molecule has 0 saturated carbocycles. The van der Waals surface area contributed by atoms with Gasteiger partial charge in [-0.1, -0.05) is 13.3 Å². The van der Waals surface area contributed by atoms with Gasteiger partial charge in [0.05, 0.1) is 6.04 Å². The average molecular weight is 330 g/mol. The van der Waals surface area contributed by atoms with Crippen LogP contribution in [0.4, 0.5) is 0 Å². The number of carbonyl (C=O) groups excluding carboxylic acids is 2. The summed E-state index contributed by atoms with van der Waals surface area (Å²) < 4.78 is 0. The molecule has 0 spiro atoms. The summed E-state index contributed by atoms with van der Waals surface area (Å²) in [7, 11) is 1.88. The third kappa shape index (κ3) is 5.80. The van der Waals surface area contributed by atoms with Crippen molar-refractivity contribution in [2.24, 2.45) is 11.7 Å². The average Bonchev–Trinajstić information content (AvgIpc) is 2.56. The second-order valence-corrected chi connectivity index (χ2v) is 7.09. The Morgan fingerprint density at radius 1 is 1.36 bits per heavy atom. The number of thioether (sulfide) groups is 1. The highest BCUT2D eigenvalue weighted by Crippen LogP contribution is 2.20. The first-order valence-corrected chi connectivity index (χ1v) is 9.68. The van der Waals surface area contributed by atoms with Gasteiger partial charge in [-0.2, -0.15) is 11.8 Å². The van der Waals surface area contributed by atoms with Crippen LogP contribution >= 0.6 is 11.8 Å². The van der Waals surface area contributed by atoms with Crippen LogP contribution in [0.3, 0.4) is 0 Å². The molecule has 0 bridgehead atoms. The Kier molecular flexibility index (Phi) is 8.86. The van der Waals surface area contributed by atoms with Crippen molar-refractivity contribution in [3.8, 4) is 0 Å². The Morgan fingerprint density at radius 3 is 2.55 bits per heavy atom. The second-order valence-electron chi connectivity index (χ2n) is 6.10. The largest absolute Gasteiger partial charge is 0.346 e. The van der Waals surface area contributed by atoms with Crippen molar-refractivity contribution in [3.05, 3.63) is 0 Å². The summed E-state index contributed by atoms with van der Waals surface area (Å²) in [6, 6.07) is -0.396. The van der Waals surface area contributed by atoms with Gasteiger partial charge in [-0.3, -0.25) is 9.59 Å². The van der Waals surface area contributed by atoms with Crippen LogP contribution in [0.25, 0.3) is 0 Å². The van der Waals surface area contributed by atoms with Crippen LogP contribution in [0.1, 0.15) is 39.0 Å². The van der Waals surface area contributed by atoms with Crippen LogP contribution in [0.5, 0.6) is 0 Å². The minimum absolute atomic E-state index is 0.0410. The van der Waals surface area contributed by atoms with Crippen molar-refractivity contribution in [1.82, 2.24) is 9.80 Å². The summed E-state index contributed by atoms with van der Waals surface area (Å²) in [5, 5.41) is 0. The molecule has 1 unspecified atom stereocenters. The first kappa shape index (κ1) is 19.3. The lowest BCUT2D eigenvalue weighted by atomic mass is 9.94. The number of nitrogens with zero attached hydrogens (tertiary/aromatic N) is 2. The predicted octanol–water partition coefficient (Wildman–Crippen LogP) is 1.56. The van der Waals surface area contributed by atoms with Gasteiger partial charge in [0.1, 0.15) is 0 Å². The molecule has 0 aromatic heterocycles. The Labute approximate surface area is 139 Å². The normalized spacial score (nSPS) is 17.4. The highest BCUT2D eigenvalue weighted by Gasteiger charge is 2.30. The molecular formula is C16H31N3O2S. The number of amides is 2. The van der Waals surface area contributed by atoms with Gasteiger partial charge in [0.15, 0.2) is 0 Å². The fraction of sp³-hybridized carbons (Fsp3) is 0.875. The van der Waals surface area contributed by atoms with E-state index in [0.717, 1.165) is 44.4 Å². The van der Waals surface area contributed by atoms with E-state index in [1.165, 1.54) is 0 Å². The first-order valence-electron chi connectivity index (χ1n) is 8.29. The zero-order chi connectivity index (χ0) is 16.5. The monoisotopic (exact) mass is 329 g/mol. The minimum Gasteiger partial charge on any atom is -0.346 e. The van der Waals surface area contributed by atoms with Crippen LogP contribution in [0.15, 0.2) is 0 Å². The molecule has 128 valence electrons. The molecule has 2 N–H and O–H groups in total. The summed E-state index contributed by atoms with van der Waals surface area (Å²) in [4.78, 5) is 28.3. The fourth-order valence-corrected chi connectivity index (χ4v) is 3.26. The van der Waals surface area contributed by atoms with E-state index >= 15 is 0 Å². The molecule has 5 nitrogen and oxygen atoms in total. The summed E-state index contributed by atoms with van der Waals surface area (Å²) in [6.07, 6.45) is 6.40. The van der Waals surface area contributed by atoms with Gasteiger partial charge in [-0.05, 0) is 37.7 Å². The van der Waals surface area contributed by atoms with Crippen molar-refractivity contribution in [1.29, 1.82) is 0 Å².